The van der Waals surface area contributed by atoms with E-state index >= 15 is 0 Å². The van der Waals surface area contributed by atoms with Gasteiger partial charge in [0.05, 0.1) is 5.25 Å². The van der Waals surface area contributed by atoms with Crippen molar-refractivity contribution < 1.29 is 8.42 Å². The van der Waals surface area contributed by atoms with E-state index < -0.39 is 10.0 Å². The molecule has 0 radical (unpaired) electrons. The average molecular weight is 437 g/mol. The van der Waals surface area contributed by atoms with E-state index in [4.69, 9.17) is 0 Å². The van der Waals surface area contributed by atoms with Crippen LogP contribution in [0, 0.1) is 0 Å². The van der Waals surface area contributed by atoms with E-state index in [1.54, 1.807) is 4.31 Å². The number of sulfonamides is 1. The smallest absolute Gasteiger partial charge is 0.216 e. The normalized spacial score (nSPS) is 18.2. The number of aromatic nitrogens is 1. The van der Waals surface area contributed by atoms with Gasteiger partial charge in [0.15, 0.2) is 0 Å². The molecule has 162 valence electrons. The molecule has 1 saturated carbocycles. The van der Waals surface area contributed by atoms with Gasteiger partial charge in [-0.15, -0.1) is 0 Å². The highest BCUT2D eigenvalue weighted by atomic mass is 32.2. The molecule has 5 rings (SSSR count). The third kappa shape index (κ3) is 4.12. The molecular formula is C24H28N4O2S. The van der Waals surface area contributed by atoms with Gasteiger partial charge in [0.2, 0.25) is 10.0 Å². The Morgan fingerprint density at radius 3 is 2.55 bits per heavy atom. The minimum Gasteiger partial charge on any atom is -0.388 e. The number of benzene rings is 2. The topological polar surface area (TPSA) is 74.3 Å². The molecule has 1 aromatic heterocycles. The summed E-state index contributed by atoms with van der Waals surface area (Å²) in [4.78, 5) is 4.33. The SMILES string of the molecule is CNc1cccc(-c2cc(NC3CCN(S(=O)(=O)C4CC4)CC3)c3cnccc3c2)c1. The zero-order valence-corrected chi connectivity index (χ0v) is 18.5. The third-order valence-corrected chi connectivity index (χ3v) is 8.76. The lowest BCUT2D eigenvalue weighted by Crippen LogP contribution is -2.43. The van der Waals surface area contributed by atoms with Crippen LogP contribution in [0.4, 0.5) is 11.4 Å². The first kappa shape index (κ1) is 20.3. The highest BCUT2D eigenvalue weighted by molar-refractivity contribution is 7.90. The summed E-state index contributed by atoms with van der Waals surface area (Å²) >= 11 is 0. The van der Waals surface area contributed by atoms with E-state index in [1.165, 1.54) is 0 Å². The molecule has 2 fully saturated rings. The van der Waals surface area contributed by atoms with E-state index in [2.05, 4.69) is 52.0 Å². The van der Waals surface area contributed by atoms with Crippen molar-refractivity contribution in [2.45, 2.75) is 37.0 Å². The summed E-state index contributed by atoms with van der Waals surface area (Å²) in [6.45, 7) is 1.19. The largest absolute Gasteiger partial charge is 0.388 e. The first-order chi connectivity index (χ1) is 15.0. The first-order valence-corrected chi connectivity index (χ1v) is 12.5. The number of fused-ring (bicyclic) bond motifs is 1. The Morgan fingerprint density at radius 2 is 1.81 bits per heavy atom. The van der Waals surface area contributed by atoms with Crippen LogP contribution in [0.2, 0.25) is 0 Å². The van der Waals surface area contributed by atoms with Gasteiger partial charge in [-0.05, 0) is 72.5 Å². The molecule has 2 aliphatic rings. The molecule has 7 heteroatoms. The number of piperidine rings is 1. The molecule has 2 N–H and O–H groups in total. The molecule has 0 amide bonds. The summed E-state index contributed by atoms with van der Waals surface area (Å²) in [6, 6.07) is 15.0. The van der Waals surface area contributed by atoms with E-state index in [0.717, 1.165) is 59.0 Å². The number of anilines is 2. The van der Waals surface area contributed by atoms with Gasteiger partial charge in [-0.25, -0.2) is 12.7 Å². The Morgan fingerprint density at radius 1 is 1.00 bits per heavy atom. The lowest BCUT2D eigenvalue weighted by molar-refractivity contribution is 0.329. The molecule has 0 atom stereocenters. The van der Waals surface area contributed by atoms with Crippen molar-refractivity contribution >= 4 is 32.2 Å². The number of nitrogens with zero attached hydrogens (tertiary/aromatic N) is 2. The van der Waals surface area contributed by atoms with Crippen molar-refractivity contribution in [3.05, 3.63) is 54.9 Å². The number of pyridine rings is 1. The van der Waals surface area contributed by atoms with Crippen LogP contribution in [0.15, 0.2) is 54.9 Å². The van der Waals surface area contributed by atoms with Crippen LogP contribution in [-0.2, 0) is 10.0 Å². The minimum absolute atomic E-state index is 0.128. The second-order valence-corrected chi connectivity index (χ2v) is 10.7. The number of hydrogen-bond donors (Lipinski definition) is 2. The predicted molar refractivity (Wildman–Crippen MR) is 127 cm³/mol. The zero-order valence-electron chi connectivity index (χ0n) is 17.7. The molecule has 6 nitrogen and oxygen atoms in total. The highest BCUT2D eigenvalue weighted by Crippen LogP contribution is 2.35. The Labute approximate surface area is 183 Å². The van der Waals surface area contributed by atoms with Crippen molar-refractivity contribution in [2.75, 3.05) is 30.8 Å². The van der Waals surface area contributed by atoms with Gasteiger partial charge < -0.3 is 10.6 Å². The molecule has 1 saturated heterocycles. The maximum absolute atomic E-state index is 12.5. The van der Waals surface area contributed by atoms with Crippen molar-refractivity contribution in [2.24, 2.45) is 0 Å². The molecule has 1 aliphatic carbocycles. The first-order valence-electron chi connectivity index (χ1n) is 11.0. The average Bonchev–Trinajstić information content (AvgIpc) is 3.66. The number of nitrogens with one attached hydrogen (secondary N) is 2. The Bertz CT molecular complexity index is 1200. The highest BCUT2D eigenvalue weighted by Gasteiger charge is 2.41. The van der Waals surface area contributed by atoms with Gasteiger partial charge in [-0.3, -0.25) is 4.98 Å². The molecule has 1 aliphatic heterocycles. The summed E-state index contributed by atoms with van der Waals surface area (Å²) in [5, 5.41) is 9.00. The van der Waals surface area contributed by atoms with Crippen LogP contribution in [-0.4, -0.2) is 49.1 Å². The van der Waals surface area contributed by atoms with Gasteiger partial charge >= 0.3 is 0 Å². The molecule has 31 heavy (non-hydrogen) atoms. The lowest BCUT2D eigenvalue weighted by atomic mass is 9.99. The quantitative estimate of drug-likeness (QED) is 0.602. The Kier molecular flexibility index (Phi) is 5.32. The van der Waals surface area contributed by atoms with Crippen molar-refractivity contribution in [3.8, 4) is 11.1 Å². The zero-order chi connectivity index (χ0) is 21.4. The minimum atomic E-state index is -3.08. The fourth-order valence-electron chi connectivity index (χ4n) is 4.39. The molecule has 2 aromatic carbocycles. The number of hydrogen-bond acceptors (Lipinski definition) is 5. The van der Waals surface area contributed by atoms with Crippen LogP contribution in [0.25, 0.3) is 21.9 Å². The van der Waals surface area contributed by atoms with E-state index in [-0.39, 0.29) is 11.3 Å². The fourth-order valence-corrected chi connectivity index (χ4v) is 6.26. The second-order valence-electron chi connectivity index (χ2n) is 8.51. The molecule has 0 spiro atoms. The molecular weight excluding hydrogens is 408 g/mol. The fraction of sp³-hybridized carbons (Fsp3) is 0.375. The molecule has 2 heterocycles. The lowest BCUT2D eigenvalue weighted by Gasteiger charge is -2.32. The van der Waals surface area contributed by atoms with E-state index in [9.17, 15) is 8.42 Å². The van der Waals surface area contributed by atoms with Gasteiger partial charge in [-0.1, -0.05) is 12.1 Å². The van der Waals surface area contributed by atoms with E-state index in [0.29, 0.717) is 13.1 Å². The second kappa shape index (κ2) is 8.13. The van der Waals surface area contributed by atoms with Crippen LogP contribution < -0.4 is 10.6 Å². The van der Waals surface area contributed by atoms with Gasteiger partial charge in [0, 0.05) is 55.3 Å². The van der Waals surface area contributed by atoms with Crippen molar-refractivity contribution in [3.63, 3.8) is 0 Å². The molecule has 3 aromatic rings. The molecule has 0 bridgehead atoms. The van der Waals surface area contributed by atoms with Crippen molar-refractivity contribution in [1.29, 1.82) is 0 Å². The summed E-state index contributed by atoms with van der Waals surface area (Å²) in [5.74, 6) is 0. The number of rotatable bonds is 6. The standard InChI is InChI=1S/C24H28N4O2S/c1-25-21-4-2-3-17(14-21)19-13-18-7-10-26-16-23(18)24(15-19)27-20-8-11-28(12-9-20)31(29,30)22-5-6-22/h2-4,7,10,13-16,20,22,25,27H,5-6,8-9,11-12H2,1H3. The summed E-state index contributed by atoms with van der Waals surface area (Å²) in [7, 11) is -1.16. The maximum atomic E-state index is 12.5. The Hall–Kier alpha value is -2.64. The maximum Gasteiger partial charge on any atom is 0.216 e. The van der Waals surface area contributed by atoms with E-state index in [1.807, 2.05) is 25.5 Å². The van der Waals surface area contributed by atoms with Crippen LogP contribution in [0.1, 0.15) is 25.7 Å². The predicted octanol–water partition coefficient (Wildman–Crippen LogP) is 4.31. The monoisotopic (exact) mass is 436 g/mol. The van der Waals surface area contributed by atoms with Gasteiger partial charge in [-0.2, -0.15) is 0 Å². The third-order valence-electron chi connectivity index (χ3n) is 6.36. The van der Waals surface area contributed by atoms with Gasteiger partial charge in [0.25, 0.3) is 0 Å². The van der Waals surface area contributed by atoms with Crippen LogP contribution in [0.3, 0.4) is 0 Å². The summed E-state index contributed by atoms with van der Waals surface area (Å²) in [5.41, 5.74) is 4.43. The summed E-state index contributed by atoms with van der Waals surface area (Å²) < 4.78 is 26.8. The van der Waals surface area contributed by atoms with Crippen molar-refractivity contribution in [1.82, 2.24) is 9.29 Å². The van der Waals surface area contributed by atoms with Crippen LogP contribution >= 0.6 is 0 Å². The summed E-state index contributed by atoms with van der Waals surface area (Å²) in [6.07, 6.45) is 6.99. The van der Waals surface area contributed by atoms with Gasteiger partial charge in [0.1, 0.15) is 0 Å². The Balaban J connectivity index is 1.40. The molecule has 0 unspecified atom stereocenters. The van der Waals surface area contributed by atoms with Crippen LogP contribution in [0.5, 0.6) is 0 Å².